The van der Waals surface area contributed by atoms with Gasteiger partial charge in [0.05, 0.1) is 24.0 Å². The Morgan fingerprint density at radius 2 is 1.81 bits per heavy atom. The van der Waals surface area contributed by atoms with Crippen molar-refractivity contribution < 1.29 is 19.4 Å². The van der Waals surface area contributed by atoms with Gasteiger partial charge < -0.3 is 14.7 Å². The minimum Gasteiger partial charge on any atom is -0.481 e. The van der Waals surface area contributed by atoms with E-state index in [9.17, 15) is 14.7 Å². The number of rotatable bonds is 4. The standard InChI is InChI=1S/C16H19NO4/c1-2-17(10-6-4-3-5-7-10)15(18)13-11-8-9-12(21-11)14(13)16(19)20/h3-7,11-14H,2,8-9H2,1H3,(H,19,20). The van der Waals surface area contributed by atoms with Gasteiger partial charge in [0.2, 0.25) is 5.91 Å². The van der Waals surface area contributed by atoms with E-state index in [4.69, 9.17) is 4.74 Å². The molecule has 0 radical (unpaired) electrons. The molecule has 2 aliphatic rings. The van der Waals surface area contributed by atoms with E-state index in [2.05, 4.69) is 0 Å². The smallest absolute Gasteiger partial charge is 0.310 e. The van der Waals surface area contributed by atoms with Crippen molar-refractivity contribution in [3.63, 3.8) is 0 Å². The lowest BCUT2D eigenvalue weighted by Gasteiger charge is -2.30. The van der Waals surface area contributed by atoms with Crippen molar-refractivity contribution in [3.8, 4) is 0 Å². The first-order chi connectivity index (χ1) is 10.1. The summed E-state index contributed by atoms with van der Waals surface area (Å²) in [5, 5.41) is 9.43. The topological polar surface area (TPSA) is 66.8 Å². The van der Waals surface area contributed by atoms with E-state index < -0.39 is 17.8 Å². The molecular weight excluding hydrogens is 270 g/mol. The number of hydrogen-bond donors (Lipinski definition) is 1. The molecule has 2 saturated heterocycles. The molecule has 0 aliphatic carbocycles. The fourth-order valence-electron chi connectivity index (χ4n) is 3.56. The molecule has 4 unspecified atom stereocenters. The Morgan fingerprint density at radius 1 is 1.19 bits per heavy atom. The lowest BCUT2D eigenvalue weighted by molar-refractivity contribution is -0.147. The number of hydrogen-bond acceptors (Lipinski definition) is 3. The van der Waals surface area contributed by atoms with Crippen molar-refractivity contribution >= 4 is 17.6 Å². The summed E-state index contributed by atoms with van der Waals surface area (Å²) in [6, 6.07) is 9.37. The van der Waals surface area contributed by atoms with Gasteiger partial charge in [-0.05, 0) is 31.9 Å². The number of nitrogens with zero attached hydrogens (tertiary/aromatic N) is 1. The van der Waals surface area contributed by atoms with Gasteiger partial charge in [0.1, 0.15) is 0 Å². The van der Waals surface area contributed by atoms with Gasteiger partial charge in [-0.25, -0.2) is 0 Å². The van der Waals surface area contributed by atoms with Crippen LogP contribution < -0.4 is 4.90 Å². The van der Waals surface area contributed by atoms with Gasteiger partial charge in [0, 0.05) is 12.2 Å². The second-order valence-corrected chi connectivity index (χ2v) is 5.60. The SMILES string of the molecule is CCN(C(=O)C1C2CCC(O2)C1C(=O)O)c1ccccc1. The van der Waals surface area contributed by atoms with Crippen LogP contribution in [0.2, 0.25) is 0 Å². The van der Waals surface area contributed by atoms with Crippen molar-refractivity contribution in [2.45, 2.75) is 32.0 Å². The van der Waals surface area contributed by atoms with Gasteiger partial charge in [-0.15, -0.1) is 0 Å². The molecule has 2 bridgehead atoms. The summed E-state index contributed by atoms with van der Waals surface area (Å²) in [6.45, 7) is 2.41. The molecule has 2 fully saturated rings. The van der Waals surface area contributed by atoms with Gasteiger partial charge in [-0.1, -0.05) is 18.2 Å². The molecule has 0 saturated carbocycles. The maximum Gasteiger partial charge on any atom is 0.310 e. The van der Waals surface area contributed by atoms with E-state index in [1.807, 2.05) is 37.3 Å². The van der Waals surface area contributed by atoms with Crippen LogP contribution in [0.15, 0.2) is 30.3 Å². The van der Waals surface area contributed by atoms with Crippen LogP contribution >= 0.6 is 0 Å². The summed E-state index contributed by atoms with van der Waals surface area (Å²) in [7, 11) is 0. The minimum atomic E-state index is -0.926. The monoisotopic (exact) mass is 289 g/mol. The number of benzene rings is 1. The summed E-state index contributed by atoms with van der Waals surface area (Å²) < 4.78 is 5.68. The quantitative estimate of drug-likeness (QED) is 0.919. The summed E-state index contributed by atoms with van der Waals surface area (Å²) in [4.78, 5) is 26.0. The first-order valence-corrected chi connectivity index (χ1v) is 7.38. The number of amides is 1. The number of fused-ring (bicyclic) bond motifs is 2. The molecule has 2 aliphatic heterocycles. The van der Waals surface area contributed by atoms with Crippen molar-refractivity contribution in [2.75, 3.05) is 11.4 Å². The van der Waals surface area contributed by atoms with Crippen molar-refractivity contribution in [1.82, 2.24) is 0 Å². The summed E-state index contributed by atoms with van der Waals surface area (Å²) >= 11 is 0. The zero-order valence-corrected chi connectivity index (χ0v) is 11.9. The lowest BCUT2D eigenvalue weighted by atomic mass is 9.78. The number of carboxylic acids is 1. The Hall–Kier alpha value is -1.88. The molecule has 1 aromatic carbocycles. The van der Waals surface area contributed by atoms with Gasteiger partial charge in [0.25, 0.3) is 0 Å². The van der Waals surface area contributed by atoms with E-state index in [0.29, 0.717) is 6.54 Å². The molecule has 1 N–H and O–H groups in total. The predicted molar refractivity (Wildman–Crippen MR) is 77.0 cm³/mol. The largest absolute Gasteiger partial charge is 0.481 e. The first-order valence-electron chi connectivity index (χ1n) is 7.38. The van der Waals surface area contributed by atoms with Crippen LogP contribution in [0.1, 0.15) is 19.8 Å². The average molecular weight is 289 g/mol. The number of anilines is 1. The highest BCUT2D eigenvalue weighted by atomic mass is 16.5. The molecule has 1 aromatic rings. The van der Waals surface area contributed by atoms with E-state index in [1.54, 1.807) is 4.90 Å². The van der Waals surface area contributed by atoms with Crippen LogP contribution in [-0.4, -0.2) is 35.7 Å². The molecular formula is C16H19NO4. The summed E-state index contributed by atoms with van der Waals surface area (Å²) in [5.41, 5.74) is 0.803. The van der Waals surface area contributed by atoms with Crippen molar-refractivity contribution in [1.29, 1.82) is 0 Å². The minimum absolute atomic E-state index is 0.136. The summed E-state index contributed by atoms with van der Waals surface area (Å²) in [5.74, 6) is -2.34. The van der Waals surface area contributed by atoms with Crippen LogP contribution in [0.25, 0.3) is 0 Å². The molecule has 5 heteroatoms. The van der Waals surface area contributed by atoms with Crippen LogP contribution in [0.5, 0.6) is 0 Å². The molecule has 3 rings (SSSR count). The van der Waals surface area contributed by atoms with Crippen molar-refractivity contribution in [2.24, 2.45) is 11.8 Å². The molecule has 0 aromatic heterocycles. The lowest BCUT2D eigenvalue weighted by Crippen LogP contribution is -2.46. The highest BCUT2D eigenvalue weighted by Crippen LogP contribution is 2.44. The van der Waals surface area contributed by atoms with Gasteiger partial charge in [-0.3, -0.25) is 9.59 Å². The van der Waals surface area contributed by atoms with Crippen LogP contribution in [-0.2, 0) is 14.3 Å². The van der Waals surface area contributed by atoms with Crippen LogP contribution in [0, 0.1) is 11.8 Å². The number of aliphatic carboxylic acids is 1. The molecule has 2 heterocycles. The van der Waals surface area contributed by atoms with E-state index in [0.717, 1.165) is 18.5 Å². The number of carboxylic acid groups (broad SMARTS) is 1. The number of ether oxygens (including phenoxy) is 1. The third-order valence-electron chi connectivity index (χ3n) is 4.49. The highest BCUT2D eigenvalue weighted by molar-refractivity contribution is 5.98. The van der Waals surface area contributed by atoms with E-state index in [1.165, 1.54) is 0 Å². The van der Waals surface area contributed by atoms with Crippen LogP contribution in [0.3, 0.4) is 0 Å². The molecule has 112 valence electrons. The first kappa shape index (κ1) is 14.1. The fraction of sp³-hybridized carbons (Fsp3) is 0.500. The predicted octanol–water partition coefficient (Wildman–Crippen LogP) is 1.92. The Balaban J connectivity index is 1.88. The third-order valence-corrected chi connectivity index (χ3v) is 4.49. The fourth-order valence-corrected chi connectivity index (χ4v) is 3.56. The maximum absolute atomic E-state index is 12.9. The van der Waals surface area contributed by atoms with Crippen LogP contribution in [0.4, 0.5) is 5.69 Å². The molecule has 5 nitrogen and oxygen atoms in total. The van der Waals surface area contributed by atoms with Gasteiger partial charge in [0.15, 0.2) is 0 Å². The van der Waals surface area contributed by atoms with E-state index >= 15 is 0 Å². The Labute approximate surface area is 123 Å². The zero-order valence-electron chi connectivity index (χ0n) is 11.9. The Morgan fingerprint density at radius 3 is 2.38 bits per heavy atom. The Bertz CT molecular complexity index is 544. The van der Waals surface area contributed by atoms with Crippen molar-refractivity contribution in [3.05, 3.63) is 30.3 Å². The molecule has 1 amide bonds. The zero-order chi connectivity index (χ0) is 15.0. The molecule has 21 heavy (non-hydrogen) atoms. The van der Waals surface area contributed by atoms with E-state index in [-0.39, 0.29) is 18.1 Å². The molecule has 4 atom stereocenters. The average Bonchev–Trinajstić information content (AvgIpc) is 3.09. The second-order valence-electron chi connectivity index (χ2n) is 5.60. The number of carbonyl (C=O) groups excluding carboxylic acids is 1. The Kier molecular flexibility index (Phi) is 3.68. The van der Waals surface area contributed by atoms with Gasteiger partial charge in [-0.2, -0.15) is 0 Å². The summed E-state index contributed by atoms with van der Waals surface area (Å²) in [6.07, 6.45) is 0.956. The van der Waals surface area contributed by atoms with Gasteiger partial charge >= 0.3 is 5.97 Å². The second kappa shape index (κ2) is 5.48. The maximum atomic E-state index is 12.9. The normalized spacial score (nSPS) is 30.3. The number of para-hydroxylation sites is 1. The molecule has 0 spiro atoms. The number of carbonyl (C=O) groups is 2. The third kappa shape index (κ3) is 2.31. The highest BCUT2D eigenvalue weighted by Gasteiger charge is 2.56.